The molecule has 6 heteroatoms. The van der Waals surface area contributed by atoms with Crippen LogP contribution < -0.4 is 0 Å². The number of nitrogens with zero attached hydrogens (tertiary/aromatic N) is 1. The number of esters is 2. The smallest absolute Gasteiger partial charge is 0.311 e. The molecule has 1 aliphatic rings. The summed E-state index contributed by atoms with van der Waals surface area (Å²) in [5.41, 5.74) is -1.51. The van der Waals surface area contributed by atoms with Crippen LogP contribution in [0.3, 0.4) is 0 Å². The summed E-state index contributed by atoms with van der Waals surface area (Å²) in [6.45, 7) is 11.2. The third-order valence-corrected chi connectivity index (χ3v) is 4.85. The zero-order valence-corrected chi connectivity index (χ0v) is 17.3. The van der Waals surface area contributed by atoms with E-state index < -0.39 is 10.8 Å². The van der Waals surface area contributed by atoms with Gasteiger partial charge in [-0.25, -0.2) is 0 Å². The van der Waals surface area contributed by atoms with Gasteiger partial charge in [-0.05, 0) is 60.0 Å². The summed E-state index contributed by atoms with van der Waals surface area (Å²) in [6, 6.07) is 0. The molecular weight excluding hydrogens is 334 g/mol. The molecule has 0 aliphatic carbocycles. The quantitative estimate of drug-likeness (QED) is 0.434. The molecule has 0 aromatic carbocycles. The first kappa shape index (κ1) is 22.9. The second-order valence-electron chi connectivity index (χ2n) is 8.47. The molecule has 1 heterocycles. The third-order valence-electron chi connectivity index (χ3n) is 4.85. The fourth-order valence-electron chi connectivity index (χ4n) is 3.48. The van der Waals surface area contributed by atoms with Gasteiger partial charge in [-0.2, -0.15) is 0 Å². The Morgan fingerprint density at radius 2 is 1.31 bits per heavy atom. The van der Waals surface area contributed by atoms with E-state index in [9.17, 15) is 9.59 Å². The maximum absolute atomic E-state index is 12.5. The van der Waals surface area contributed by atoms with E-state index in [2.05, 4.69) is 4.90 Å². The van der Waals surface area contributed by atoms with Gasteiger partial charge in [0.1, 0.15) is 13.2 Å². The van der Waals surface area contributed by atoms with Crippen molar-refractivity contribution in [2.24, 2.45) is 10.8 Å². The normalized spacial score (nSPS) is 16.8. The highest BCUT2D eigenvalue weighted by molar-refractivity contribution is 5.80. The standard InChI is InChI=1S/C20H37NO5/c1-19(2,16-20(3,4)18(23)26-15-14-24-5)17(22)25-13-12-21-10-8-6-7-9-11-21/h6-16H2,1-5H3. The highest BCUT2D eigenvalue weighted by Gasteiger charge is 2.40. The molecule has 26 heavy (non-hydrogen) atoms. The predicted octanol–water partition coefficient (Wildman–Crippen LogP) is 3.04. The van der Waals surface area contributed by atoms with E-state index in [0.29, 0.717) is 19.6 Å². The SMILES string of the molecule is COCCOC(=O)C(C)(C)CC(C)(C)C(=O)OCCN1CCCCCC1. The van der Waals surface area contributed by atoms with Crippen molar-refractivity contribution in [2.45, 2.75) is 59.8 Å². The van der Waals surface area contributed by atoms with Crippen molar-refractivity contribution in [3.63, 3.8) is 0 Å². The molecule has 0 aromatic heterocycles. The first-order chi connectivity index (χ1) is 12.2. The number of methoxy groups -OCH3 is 1. The Balaban J connectivity index is 2.43. The highest BCUT2D eigenvalue weighted by atomic mass is 16.6. The van der Waals surface area contributed by atoms with Crippen LogP contribution in [0, 0.1) is 10.8 Å². The van der Waals surface area contributed by atoms with Gasteiger partial charge in [0.2, 0.25) is 0 Å². The maximum atomic E-state index is 12.5. The van der Waals surface area contributed by atoms with Crippen LogP contribution in [-0.4, -0.2) is 63.4 Å². The van der Waals surface area contributed by atoms with Crippen molar-refractivity contribution in [2.75, 3.05) is 46.6 Å². The highest BCUT2D eigenvalue weighted by Crippen LogP contribution is 2.35. The molecule has 1 fully saturated rings. The van der Waals surface area contributed by atoms with Gasteiger partial charge in [0.25, 0.3) is 0 Å². The number of ether oxygens (including phenoxy) is 3. The van der Waals surface area contributed by atoms with Crippen LogP contribution in [-0.2, 0) is 23.8 Å². The Bertz CT molecular complexity index is 439. The fraction of sp³-hybridized carbons (Fsp3) is 0.900. The predicted molar refractivity (Wildman–Crippen MR) is 101 cm³/mol. The lowest BCUT2D eigenvalue weighted by Gasteiger charge is -2.31. The minimum absolute atomic E-state index is 0.222. The second kappa shape index (κ2) is 10.9. The average Bonchev–Trinajstić information content (AvgIpc) is 2.82. The van der Waals surface area contributed by atoms with Crippen molar-refractivity contribution >= 4 is 11.9 Å². The van der Waals surface area contributed by atoms with Crippen LogP contribution in [0.15, 0.2) is 0 Å². The molecule has 0 bridgehead atoms. The van der Waals surface area contributed by atoms with Gasteiger partial charge >= 0.3 is 11.9 Å². The minimum atomic E-state index is -0.763. The summed E-state index contributed by atoms with van der Waals surface area (Å²) >= 11 is 0. The van der Waals surface area contributed by atoms with Gasteiger partial charge in [-0.15, -0.1) is 0 Å². The Hall–Kier alpha value is -1.14. The number of rotatable bonds is 10. The largest absolute Gasteiger partial charge is 0.464 e. The number of hydrogen-bond acceptors (Lipinski definition) is 6. The first-order valence-electron chi connectivity index (χ1n) is 9.75. The van der Waals surface area contributed by atoms with Gasteiger partial charge in [0.05, 0.1) is 17.4 Å². The topological polar surface area (TPSA) is 65.1 Å². The lowest BCUT2D eigenvalue weighted by atomic mass is 9.75. The van der Waals surface area contributed by atoms with Gasteiger partial charge in [0.15, 0.2) is 0 Å². The zero-order valence-electron chi connectivity index (χ0n) is 17.3. The molecule has 1 saturated heterocycles. The zero-order chi connectivity index (χ0) is 19.6. The molecule has 0 N–H and O–H groups in total. The van der Waals surface area contributed by atoms with Crippen LogP contribution in [0.25, 0.3) is 0 Å². The molecule has 152 valence electrons. The molecule has 0 saturated carbocycles. The lowest BCUT2D eigenvalue weighted by Crippen LogP contribution is -2.38. The Kier molecular flexibility index (Phi) is 9.58. The van der Waals surface area contributed by atoms with E-state index in [1.165, 1.54) is 25.7 Å². The molecule has 0 spiro atoms. The number of carbonyl (C=O) groups is 2. The molecule has 6 nitrogen and oxygen atoms in total. The average molecular weight is 372 g/mol. The van der Waals surface area contributed by atoms with Crippen LogP contribution in [0.2, 0.25) is 0 Å². The van der Waals surface area contributed by atoms with Crippen LogP contribution in [0.1, 0.15) is 59.8 Å². The number of hydrogen-bond donors (Lipinski definition) is 0. The maximum Gasteiger partial charge on any atom is 0.311 e. The fourth-order valence-corrected chi connectivity index (χ4v) is 3.48. The van der Waals surface area contributed by atoms with Gasteiger partial charge in [-0.1, -0.05) is 12.8 Å². The van der Waals surface area contributed by atoms with E-state index in [1.807, 2.05) is 13.8 Å². The third kappa shape index (κ3) is 8.04. The molecule has 1 rings (SSSR count). The van der Waals surface area contributed by atoms with E-state index in [4.69, 9.17) is 14.2 Å². The summed E-state index contributed by atoms with van der Waals surface area (Å²) in [7, 11) is 1.56. The molecular formula is C20H37NO5. The molecule has 0 aromatic rings. The summed E-state index contributed by atoms with van der Waals surface area (Å²) in [5, 5.41) is 0. The summed E-state index contributed by atoms with van der Waals surface area (Å²) < 4.78 is 15.6. The monoisotopic (exact) mass is 371 g/mol. The van der Waals surface area contributed by atoms with Crippen molar-refractivity contribution in [3.05, 3.63) is 0 Å². The Morgan fingerprint density at radius 3 is 1.81 bits per heavy atom. The molecule has 0 unspecified atom stereocenters. The second-order valence-corrected chi connectivity index (χ2v) is 8.47. The minimum Gasteiger partial charge on any atom is -0.464 e. The lowest BCUT2D eigenvalue weighted by molar-refractivity contribution is -0.162. The van der Waals surface area contributed by atoms with Crippen molar-refractivity contribution in [1.29, 1.82) is 0 Å². The van der Waals surface area contributed by atoms with Crippen LogP contribution >= 0.6 is 0 Å². The van der Waals surface area contributed by atoms with E-state index in [1.54, 1.807) is 21.0 Å². The van der Waals surface area contributed by atoms with Crippen LogP contribution in [0.5, 0.6) is 0 Å². The van der Waals surface area contributed by atoms with E-state index in [0.717, 1.165) is 19.6 Å². The summed E-state index contributed by atoms with van der Waals surface area (Å²) in [5.74, 6) is -0.579. The van der Waals surface area contributed by atoms with Gasteiger partial charge < -0.3 is 14.2 Å². The van der Waals surface area contributed by atoms with Gasteiger partial charge in [-0.3, -0.25) is 14.5 Å². The number of likely N-dealkylation sites (tertiary alicyclic amines) is 1. The van der Waals surface area contributed by atoms with Crippen LogP contribution in [0.4, 0.5) is 0 Å². The van der Waals surface area contributed by atoms with E-state index >= 15 is 0 Å². The molecule has 0 amide bonds. The molecule has 0 atom stereocenters. The van der Waals surface area contributed by atoms with Crippen molar-refractivity contribution < 1.29 is 23.8 Å². The molecule has 0 radical (unpaired) electrons. The van der Waals surface area contributed by atoms with Crippen molar-refractivity contribution in [1.82, 2.24) is 4.90 Å². The summed E-state index contributed by atoms with van der Waals surface area (Å²) in [4.78, 5) is 27.1. The van der Waals surface area contributed by atoms with Crippen molar-refractivity contribution in [3.8, 4) is 0 Å². The van der Waals surface area contributed by atoms with Gasteiger partial charge in [0, 0.05) is 13.7 Å². The Labute approximate surface area is 158 Å². The van der Waals surface area contributed by atoms with E-state index in [-0.39, 0.29) is 18.5 Å². The number of carbonyl (C=O) groups excluding carboxylic acids is 2. The first-order valence-corrected chi connectivity index (χ1v) is 9.75. The molecule has 1 aliphatic heterocycles. The Morgan fingerprint density at radius 1 is 0.808 bits per heavy atom. The summed E-state index contributed by atoms with van der Waals surface area (Å²) in [6.07, 6.45) is 5.39.